The molecule has 0 aliphatic carbocycles. The Bertz CT molecular complexity index is 1630. The van der Waals surface area contributed by atoms with Crippen molar-refractivity contribution in [1.82, 2.24) is 20.5 Å². The molecule has 0 bridgehead atoms. The lowest BCUT2D eigenvalue weighted by Crippen LogP contribution is -2.35. The van der Waals surface area contributed by atoms with Crippen LogP contribution in [0.25, 0.3) is 10.9 Å². The molecule has 0 atom stereocenters. The van der Waals surface area contributed by atoms with E-state index >= 15 is 0 Å². The molecule has 11 nitrogen and oxygen atoms in total. The van der Waals surface area contributed by atoms with Gasteiger partial charge in [-0.3, -0.25) is 24.7 Å². The van der Waals surface area contributed by atoms with Gasteiger partial charge in [-0.15, -0.1) is 0 Å². The molecule has 0 spiro atoms. The van der Waals surface area contributed by atoms with E-state index in [1.54, 1.807) is 42.7 Å². The maximum absolute atomic E-state index is 13.6. The number of carbonyl (C=O) groups is 2. The third-order valence-electron chi connectivity index (χ3n) is 5.51. The Morgan fingerprint density at radius 2 is 1.82 bits per heavy atom. The number of H-pyrrole nitrogens is 1. The molecule has 0 aliphatic rings. The van der Waals surface area contributed by atoms with Crippen LogP contribution in [-0.4, -0.2) is 32.4 Å². The average Bonchev–Trinajstić information content (AvgIpc) is 3.54. The summed E-state index contributed by atoms with van der Waals surface area (Å²) in [5, 5.41) is 18.5. The van der Waals surface area contributed by atoms with E-state index in [1.807, 2.05) is 6.07 Å². The summed E-state index contributed by atoms with van der Waals surface area (Å²) in [6.07, 6.45) is -0.216. The molecule has 198 valence electrons. The second-order valence-electron chi connectivity index (χ2n) is 8.44. The van der Waals surface area contributed by atoms with Crippen LogP contribution in [0.2, 0.25) is 0 Å². The van der Waals surface area contributed by atoms with Gasteiger partial charge < -0.3 is 10.6 Å². The summed E-state index contributed by atoms with van der Waals surface area (Å²) >= 11 is 0. The zero-order chi connectivity index (χ0) is 27.4. The fourth-order valence-electron chi connectivity index (χ4n) is 3.83. The number of amides is 3. The number of pyridine rings is 1. The minimum Gasteiger partial charge on any atom is -0.326 e. The summed E-state index contributed by atoms with van der Waals surface area (Å²) in [7, 11) is 0. The van der Waals surface area contributed by atoms with Gasteiger partial charge in [-0.1, -0.05) is 24.3 Å². The van der Waals surface area contributed by atoms with Gasteiger partial charge in [0.2, 0.25) is 17.7 Å². The van der Waals surface area contributed by atoms with Gasteiger partial charge in [-0.25, -0.2) is 4.79 Å². The maximum atomic E-state index is 13.6. The third kappa shape index (κ3) is 6.36. The van der Waals surface area contributed by atoms with Crippen molar-refractivity contribution in [2.75, 3.05) is 16.0 Å². The summed E-state index contributed by atoms with van der Waals surface area (Å²) in [5.74, 6) is -0.595. The first-order valence-electron chi connectivity index (χ1n) is 11.5. The highest BCUT2D eigenvalue weighted by atomic mass is 19.4. The lowest BCUT2D eigenvalue weighted by Gasteiger charge is -2.14. The second kappa shape index (κ2) is 10.6. The molecular weight excluding hydrogens is 517 g/mol. The predicted molar refractivity (Wildman–Crippen MR) is 133 cm³/mol. The predicted octanol–water partition coefficient (Wildman–Crippen LogP) is 4.13. The maximum Gasteiger partial charge on any atom is 0.416 e. The molecule has 2 aromatic carbocycles. The van der Waals surface area contributed by atoms with Crippen LogP contribution in [0.3, 0.4) is 0 Å². The van der Waals surface area contributed by atoms with Gasteiger partial charge in [0.1, 0.15) is 5.69 Å². The summed E-state index contributed by atoms with van der Waals surface area (Å²) < 4.78 is 47.1. The Morgan fingerprint density at radius 1 is 1.00 bits per heavy atom. The number of carbonyl (C=O) groups excluding carboxylic acids is 2. The van der Waals surface area contributed by atoms with Crippen LogP contribution < -0.4 is 20.6 Å². The molecular formula is C25H20F3N8O3+. The number of para-hydroxylation sites is 1. The van der Waals surface area contributed by atoms with E-state index in [9.17, 15) is 22.8 Å². The number of fused-ring (bicyclic) bond motifs is 1. The molecule has 3 aromatic heterocycles. The summed E-state index contributed by atoms with van der Waals surface area (Å²) in [6, 6.07) is 12.5. The SMILES string of the molecule is O=C(Cc1cccc2cn[nH]c12)Nc1cc(NC(=O)Nc2c[n+](Cc3ccccn3)no2)cc(C(F)(F)F)c1. The largest absolute Gasteiger partial charge is 0.416 e. The minimum atomic E-state index is -4.73. The molecule has 0 unspecified atom stereocenters. The molecule has 4 N–H and O–H groups in total. The lowest BCUT2D eigenvalue weighted by atomic mass is 10.1. The van der Waals surface area contributed by atoms with Crippen molar-refractivity contribution >= 4 is 40.1 Å². The molecule has 3 heterocycles. The monoisotopic (exact) mass is 537 g/mol. The summed E-state index contributed by atoms with van der Waals surface area (Å²) in [5.41, 5.74) is 0.582. The number of anilines is 3. The molecule has 39 heavy (non-hydrogen) atoms. The van der Waals surface area contributed by atoms with Gasteiger partial charge >= 0.3 is 18.1 Å². The van der Waals surface area contributed by atoms with Crippen LogP contribution in [0.4, 0.5) is 35.2 Å². The van der Waals surface area contributed by atoms with Gasteiger partial charge in [-0.2, -0.15) is 18.3 Å². The minimum absolute atomic E-state index is 0.0445. The Morgan fingerprint density at radius 3 is 2.59 bits per heavy atom. The van der Waals surface area contributed by atoms with Crippen LogP contribution in [0.15, 0.2) is 77.7 Å². The number of alkyl halides is 3. The van der Waals surface area contributed by atoms with E-state index in [2.05, 4.69) is 36.4 Å². The molecule has 0 saturated carbocycles. The van der Waals surface area contributed by atoms with Gasteiger partial charge in [-0.05, 0) is 40.6 Å². The van der Waals surface area contributed by atoms with Crippen LogP contribution in [0, 0.1) is 0 Å². The van der Waals surface area contributed by atoms with Gasteiger partial charge in [0.05, 0.1) is 23.7 Å². The van der Waals surface area contributed by atoms with Crippen LogP contribution in [-0.2, 0) is 23.9 Å². The van der Waals surface area contributed by atoms with Crippen molar-refractivity contribution in [2.24, 2.45) is 0 Å². The first kappa shape index (κ1) is 25.4. The number of urea groups is 1. The number of rotatable bonds is 7. The Kier molecular flexibility index (Phi) is 6.91. The van der Waals surface area contributed by atoms with E-state index in [1.165, 1.54) is 16.9 Å². The Labute approximate surface area is 218 Å². The molecule has 0 fully saturated rings. The highest BCUT2D eigenvalue weighted by molar-refractivity contribution is 6.00. The Hall–Kier alpha value is -5.27. The van der Waals surface area contributed by atoms with E-state index in [0.29, 0.717) is 16.8 Å². The molecule has 0 aliphatic heterocycles. The standard InChI is InChI=1S/C25H19F3N8O3/c26-25(27,28)17-9-19(31-21(37)8-15-4-3-5-16-12-30-34-23(15)16)11-20(10-17)32-24(38)33-22-14-36(35-39-22)13-18-6-1-2-7-29-18/h1-7,9-12,14H,8,13H2,(H3-,30,31,32,33,34,35,37,38)/p+1. The van der Waals surface area contributed by atoms with E-state index < -0.39 is 23.7 Å². The van der Waals surface area contributed by atoms with E-state index in [0.717, 1.165) is 17.5 Å². The molecule has 5 rings (SSSR count). The van der Waals surface area contributed by atoms with Crippen LogP contribution in [0.1, 0.15) is 16.8 Å². The number of benzene rings is 2. The number of nitrogens with zero attached hydrogens (tertiary/aromatic N) is 4. The van der Waals surface area contributed by atoms with E-state index in [-0.39, 0.29) is 30.2 Å². The van der Waals surface area contributed by atoms with E-state index in [4.69, 9.17) is 4.52 Å². The van der Waals surface area contributed by atoms with Crippen LogP contribution >= 0.6 is 0 Å². The van der Waals surface area contributed by atoms with Crippen molar-refractivity contribution in [2.45, 2.75) is 19.1 Å². The van der Waals surface area contributed by atoms with Crippen molar-refractivity contribution in [3.63, 3.8) is 0 Å². The normalized spacial score (nSPS) is 11.4. The summed E-state index contributed by atoms with van der Waals surface area (Å²) in [6.45, 7) is 0.277. The zero-order valence-corrected chi connectivity index (χ0v) is 20.0. The lowest BCUT2D eigenvalue weighted by molar-refractivity contribution is -0.755. The van der Waals surface area contributed by atoms with Crippen molar-refractivity contribution < 1.29 is 32.0 Å². The third-order valence-corrected chi connectivity index (χ3v) is 5.51. The number of halogens is 3. The number of nitrogens with one attached hydrogen (secondary N) is 4. The topological polar surface area (TPSA) is 142 Å². The molecule has 3 amide bonds. The van der Waals surface area contributed by atoms with Gasteiger partial charge in [0.25, 0.3) is 6.20 Å². The number of aromatic amines is 1. The molecule has 5 aromatic rings. The summed E-state index contributed by atoms with van der Waals surface area (Å²) in [4.78, 5) is 29.3. The highest BCUT2D eigenvalue weighted by Crippen LogP contribution is 2.33. The second-order valence-corrected chi connectivity index (χ2v) is 8.44. The fourth-order valence-corrected chi connectivity index (χ4v) is 3.83. The highest BCUT2D eigenvalue weighted by Gasteiger charge is 2.31. The van der Waals surface area contributed by atoms with Crippen LogP contribution in [0.5, 0.6) is 0 Å². The van der Waals surface area contributed by atoms with Crippen molar-refractivity contribution in [3.8, 4) is 0 Å². The molecule has 0 saturated heterocycles. The zero-order valence-electron chi connectivity index (χ0n) is 20.0. The number of aromatic nitrogens is 5. The van der Waals surface area contributed by atoms with Gasteiger partial charge in [0.15, 0.2) is 0 Å². The molecule has 0 radical (unpaired) electrons. The fraction of sp³-hybridized carbons (Fsp3) is 0.120. The van der Waals surface area contributed by atoms with Crippen molar-refractivity contribution in [1.29, 1.82) is 0 Å². The van der Waals surface area contributed by atoms with Crippen molar-refractivity contribution in [3.05, 3.63) is 90.0 Å². The quantitative estimate of drug-likeness (QED) is 0.230. The molecule has 14 heteroatoms. The first-order valence-corrected chi connectivity index (χ1v) is 11.5. The number of hydrogen-bond acceptors (Lipinski definition) is 6. The average molecular weight is 537 g/mol. The Balaban J connectivity index is 1.27. The first-order chi connectivity index (χ1) is 18.7. The van der Waals surface area contributed by atoms with Gasteiger partial charge in [0, 0.05) is 23.0 Å². The number of hydrogen-bond donors (Lipinski definition) is 4. The smallest absolute Gasteiger partial charge is 0.326 e.